The summed E-state index contributed by atoms with van der Waals surface area (Å²) in [6.45, 7) is 7.93. The number of ether oxygens (including phenoxy) is 2. The standard InChI is InChI=1S/C12H26N2O3/c1-5-13-10-11(2)12(15)14(6-8-16-3)7-9-17-4/h11,13H,5-10H2,1-4H3. The predicted octanol–water partition coefficient (Wildman–Crippen LogP) is 0.353. The van der Waals surface area contributed by atoms with Crippen LogP contribution in [0.4, 0.5) is 0 Å². The zero-order valence-electron chi connectivity index (χ0n) is 11.5. The highest BCUT2D eigenvalue weighted by molar-refractivity contribution is 5.78. The van der Waals surface area contributed by atoms with Gasteiger partial charge in [-0.1, -0.05) is 13.8 Å². The number of carbonyl (C=O) groups excluding carboxylic acids is 1. The molecule has 102 valence electrons. The smallest absolute Gasteiger partial charge is 0.226 e. The summed E-state index contributed by atoms with van der Waals surface area (Å²) in [6, 6.07) is 0. The first-order valence-corrected chi connectivity index (χ1v) is 6.14. The number of nitrogens with one attached hydrogen (secondary N) is 1. The molecule has 1 amide bonds. The van der Waals surface area contributed by atoms with Gasteiger partial charge < -0.3 is 19.7 Å². The van der Waals surface area contributed by atoms with Crippen molar-refractivity contribution in [3.63, 3.8) is 0 Å². The number of carbonyl (C=O) groups is 1. The van der Waals surface area contributed by atoms with Gasteiger partial charge >= 0.3 is 0 Å². The van der Waals surface area contributed by atoms with Crippen molar-refractivity contribution in [2.24, 2.45) is 5.92 Å². The monoisotopic (exact) mass is 246 g/mol. The Kier molecular flexibility index (Phi) is 10.1. The van der Waals surface area contributed by atoms with E-state index in [-0.39, 0.29) is 11.8 Å². The fourth-order valence-corrected chi connectivity index (χ4v) is 1.49. The highest BCUT2D eigenvalue weighted by atomic mass is 16.5. The maximum Gasteiger partial charge on any atom is 0.226 e. The maximum atomic E-state index is 12.1. The number of hydrogen-bond acceptors (Lipinski definition) is 4. The molecule has 0 heterocycles. The fraction of sp³-hybridized carbons (Fsp3) is 0.917. The first kappa shape index (κ1) is 16.4. The second-order valence-electron chi connectivity index (χ2n) is 4.02. The molecule has 0 aromatic heterocycles. The molecule has 0 saturated heterocycles. The number of rotatable bonds is 10. The third-order valence-corrected chi connectivity index (χ3v) is 2.56. The molecule has 0 aromatic rings. The summed E-state index contributed by atoms with van der Waals surface area (Å²) in [5.41, 5.74) is 0. The van der Waals surface area contributed by atoms with Gasteiger partial charge in [0.2, 0.25) is 5.91 Å². The normalized spacial score (nSPS) is 12.5. The Morgan fingerprint density at radius 1 is 1.24 bits per heavy atom. The SMILES string of the molecule is CCNCC(C)C(=O)N(CCOC)CCOC. The molecular weight excluding hydrogens is 220 g/mol. The van der Waals surface area contributed by atoms with Crippen LogP contribution in [0.1, 0.15) is 13.8 Å². The lowest BCUT2D eigenvalue weighted by Gasteiger charge is -2.25. The molecule has 0 fully saturated rings. The average Bonchev–Trinajstić information content (AvgIpc) is 2.35. The second-order valence-corrected chi connectivity index (χ2v) is 4.02. The number of amides is 1. The van der Waals surface area contributed by atoms with Crippen LogP contribution >= 0.6 is 0 Å². The van der Waals surface area contributed by atoms with E-state index in [9.17, 15) is 4.79 Å². The Labute approximate surface area is 104 Å². The largest absolute Gasteiger partial charge is 0.383 e. The van der Waals surface area contributed by atoms with Crippen molar-refractivity contribution in [1.29, 1.82) is 0 Å². The Balaban J connectivity index is 4.18. The third kappa shape index (κ3) is 7.31. The summed E-state index contributed by atoms with van der Waals surface area (Å²) in [5.74, 6) is 0.142. The lowest BCUT2D eigenvalue weighted by Crippen LogP contribution is -2.42. The van der Waals surface area contributed by atoms with Gasteiger partial charge in [0, 0.05) is 39.8 Å². The van der Waals surface area contributed by atoms with Crippen LogP contribution in [0.15, 0.2) is 0 Å². The van der Waals surface area contributed by atoms with Crippen LogP contribution < -0.4 is 5.32 Å². The van der Waals surface area contributed by atoms with Gasteiger partial charge in [-0.3, -0.25) is 4.79 Å². The van der Waals surface area contributed by atoms with Crippen molar-refractivity contribution in [1.82, 2.24) is 10.2 Å². The van der Waals surface area contributed by atoms with Crippen molar-refractivity contribution in [3.8, 4) is 0 Å². The lowest BCUT2D eigenvalue weighted by molar-refractivity contribution is -0.136. The highest BCUT2D eigenvalue weighted by Gasteiger charge is 2.19. The zero-order valence-corrected chi connectivity index (χ0v) is 11.5. The number of nitrogens with zero attached hydrogens (tertiary/aromatic N) is 1. The molecule has 1 N–H and O–H groups in total. The molecule has 0 aliphatic rings. The fourth-order valence-electron chi connectivity index (χ4n) is 1.49. The molecule has 5 nitrogen and oxygen atoms in total. The molecule has 1 unspecified atom stereocenters. The third-order valence-electron chi connectivity index (χ3n) is 2.56. The van der Waals surface area contributed by atoms with Crippen LogP contribution in [0.3, 0.4) is 0 Å². The first-order valence-electron chi connectivity index (χ1n) is 6.14. The predicted molar refractivity (Wildman–Crippen MR) is 68.0 cm³/mol. The van der Waals surface area contributed by atoms with Gasteiger partial charge in [0.1, 0.15) is 0 Å². The van der Waals surface area contributed by atoms with Crippen molar-refractivity contribution < 1.29 is 14.3 Å². The Morgan fingerprint density at radius 2 is 1.76 bits per heavy atom. The van der Waals surface area contributed by atoms with E-state index in [1.807, 2.05) is 13.8 Å². The Hall–Kier alpha value is -0.650. The summed E-state index contributed by atoms with van der Waals surface area (Å²) in [7, 11) is 3.28. The van der Waals surface area contributed by atoms with Gasteiger partial charge in [-0.05, 0) is 6.54 Å². The van der Waals surface area contributed by atoms with Gasteiger partial charge in [-0.2, -0.15) is 0 Å². The lowest BCUT2D eigenvalue weighted by atomic mass is 10.1. The van der Waals surface area contributed by atoms with E-state index >= 15 is 0 Å². The molecule has 1 atom stereocenters. The van der Waals surface area contributed by atoms with E-state index in [4.69, 9.17) is 9.47 Å². The van der Waals surface area contributed by atoms with Gasteiger partial charge in [-0.15, -0.1) is 0 Å². The minimum absolute atomic E-state index is 0.0105. The minimum Gasteiger partial charge on any atom is -0.383 e. The highest BCUT2D eigenvalue weighted by Crippen LogP contribution is 2.02. The summed E-state index contributed by atoms with van der Waals surface area (Å²) >= 11 is 0. The first-order chi connectivity index (χ1) is 8.17. The van der Waals surface area contributed by atoms with Crippen molar-refractivity contribution >= 4 is 5.91 Å². The van der Waals surface area contributed by atoms with Crippen LogP contribution in [-0.4, -0.2) is 64.4 Å². The summed E-state index contributed by atoms with van der Waals surface area (Å²) in [6.07, 6.45) is 0. The molecule has 0 aliphatic heterocycles. The molecule has 0 bridgehead atoms. The molecule has 5 heteroatoms. The van der Waals surface area contributed by atoms with Gasteiger partial charge in [-0.25, -0.2) is 0 Å². The van der Waals surface area contributed by atoms with E-state index in [2.05, 4.69) is 5.32 Å². The van der Waals surface area contributed by atoms with Gasteiger partial charge in [0.25, 0.3) is 0 Å². The maximum absolute atomic E-state index is 12.1. The Morgan fingerprint density at radius 3 is 2.18 bits per heavy atom. The minimum atomic E-state index is -0.0105. The molecule has 0 radical (unpaired) electrons. The number of hydrogen-bond donors (Lipinski definition) is 1. The molecule has 0 spiro atoms. The summed E-state index contributed by atoms with van der Waals surface area (Å²) in [5, 5.41) is 3.19. The molecule has 0 aromatic carbocycles. The van der Waals surface area contributed by atoms with Gasteiger partial charge in [0.05, 0.1) is 13.2 Å². The van der Waals surface area contributed by atoms with Crippen LogP contribution in [-0.2, 0) is 14.3 Å². The molecule has 0 rings (SSSR count). The van der Waals surface area contributed by atoms with Crippen LogP contribution in [0.5, 0.6) is 0 Å². The van der Waals surface area contributed by atoms with E-state index in [1.54, 1.807) is 19.1 Å². The second kappa shape index (κ2) is 10.5. The molecule has 17 heavy (non-hydrogen) atoms. The summed E-state index contributed by atoms with van der Waals surface area (Å²) < 4.78 is 10.0. The van der Waals surface area contributed by atoms with Crippen molar-refractivity contribution in [3.05, 3.63) is 0 Å². The van der Waals surface area contributed by atoms with Gasteiger partial charge in [0.15, 0.2) is 0 Å². The van der Waals surface area contributed by atoms with E-state index in [0.29, 0.717) is 32.8 Å². The van der Waals surface area contributed by atoms with Crippen LogP contribution in [0, 0.1) is 5.92 Å². The topological polar surface area (TPSA) is 50.8 Å². The quantitative estimate of drug-likeness (QED) is 0.604. The Bertz CT molecular complexity index is 192. The summed E-state index contributed by atoms with van der Waals surface area (Å²) in [4.78, 5) is 13.9. The molecule has 0 aliphatic carbocycles. The van der Waals surface area contributed by atoms with E-state index in [0.717, 1.165) is 6.54 Å². The molecular formula is C12H26N2O3. The number of methoxy groups -OCH3 is 2. The van der Waals surface area contributed by atoms with Crippen LogP contribution in [0.2, 0.25) is 0 Å². The van der Waals surface area contributed by atoms with Crippen LogP contribution in [0.25, 0.3) is 0 Å². The zero-order chi connectivity index (χ0) is 13.1. The van der Waals surface area contributed by atoms with Crippen molar-refractivity contribution in [2.45, 2.75) is 13.8 Å². The van der Waals surface area contributed by atoms with Crippen molar-refractivity contribution in [2.75, 3.05) is 53.6 Å². The average molecular weight is 246 g/mol. The molecule has 0 saturated carbocycles. The van der Waals surface area contributed by atoms with E-state index < -0.39 is 0 Å². The van der Waals surface area contributed by atoms with E-state index in [1.165, 1.54) is 0 Å².